The van der Waals surface area contributed by atoms with Crippen molar-refractivity contribution in [2.24, 2.45) is 0 Å². The van der Waals surface area contributed by atoms with Gasteiger partial charge in [-0.2, -0.15) is 5.10 Å². The molecule has 0 aliphatic rings. The number of carbonyl (C=O) groups excluding carboxylic acids is 1. The van der Waals surface area contributed by atoms with Gasteiger partial charge >= 0.3 is 5.82 Å². The maximum absolute atomic E-state index is 12.4. The average molecular weight is 341 g/mol. The Morgan fingerprint density at radius 3 is 2.61 bits per heavy atom. The van der Waals surface area contributed by atoms with Crippen molar-refractivity contribution in [1.82, 2.24) is 24.9 Å². The SMILES string of the molecule is CCn1nc(C)c(CN(C)C(=O)c2n[nH]c([N+](=O)[O-])c2Cl)c1C. The van der Waals surface area contributed by atoms with Gasteiger partial charge in [0.15, 0.2) is 10.7 Å². The number of halogens is 1. The van der Waals surface area contributed by atoms with E-state index in [-0.39, 0.29) is 10.7 Å². The number of hydrogen-bond donors (Lipinski definition) is 1. The first kappa shape index (κ1) is 16.9. The Morgan fingerprint density at radius 2 is 2.13 bits per heavy atom. The van der Waals surface area contributed by atoms with Crippen LogP contribution in [0, 0.1) is 24.0 Å². The lowest BCUT2D eigenvalue weighted by molar-refractivity contribution is -0.389. The van der Waals surface area contributed by atoms with Gasteiger partial charge < -0.3 is 15.0 Å². The third-order valence-corrected chi connectivity index (χ3v) is 4.01. The van der Waals surface area contributed by atoms with E-state index in [2.05, 4.69) is 15.3 Å². The Bertz CT molecular complexity index is 766. The highest BCUT2D eigenvalue weighted by atomic mass is 35.5. The number of nitrogens with zero attached hydrogens (tertiary/aromatic N) is 5. The third-order valence-electron chi connectivity index (χ3n) is 3.65. The lowest BCUT2D eigenvalue weighted by atomic mass is 10.2. The minimum atomic E-state index is -0.717. The first-order chi connectivity index (χ1) is 10.8. The van der Waals surface area contributed by atoms with E-state index in [1.165, 1.54) is 4.90 Å². The molecule has 2 rings (SSSR count). The Labute approximate surface area is 137 Å². The van der Waals surface area contributed by atoms with Crippen LogP contribution in [-0.2, 0) is 13.1 Å². The number of aromatic nitrogens is 4. The van der Waals surface area contributed by atoms with Gasteiger partial charge in [0.1, 0.15) is 0 Å². The largest absolute Gasteiger partial charge is 0.362 e. The molecule has 0 aromatic carbocycles. The quantitative estimate of drug-likeness (QED) is 0.661. The lowest BCUT2D eigenvalue weighted by Gasteiger charge is -2.16. The van der Waals surface area contributed by atoms with Gasteiger partial charge in [0.2, 0.25) is 0 Å². The van der Waals surface area contributed by atoms with E-state index in [4.69, 9.17) is 11.6 Å². The van der Waals surface area contributed by atoms with Crippen LogP contribution in [0.3, 0.4) is 0 Å². The van der Waals surface area contributed by atoms with Crippen LogP contribution in [0.2, 0.25) is 5.02 Å². The topological polar surface area (TPSA) is 110 Å². The first-order valence-corrected chi connectivity index (χ1v) is 7.32. The maximum atomic E-state index is 12.4. The molecule has 1 amide bonds. The van der Waals surface area contributed by atoms with Gasteiger partial charge in [-0.1, -0.05) is 16.7 Å². The van der Waals surface area contributed by atoms with Crippen LogP contribution in [0.4, 0.5) is 5.82 Å². The van der Waals surface area contributed by atoms with Gasteiger partial charge in [-0.25, -0.2) is 0 Å². The summed E-state index contributed by atoms with van der Waals surface area (Å²) in [6.07, 6.45) is 0. The van der Waals surface area contributed by atoms with Gasteiger partial charge in [0.05, 0.1) is 5.69 Å². The van der Waals surface area contributed by atoms with Crippen molar-refractivity contribution < 1.29 is 9.72 Å². The van der Waals surface area contributed by atoms with Gasteiger partial charge in [-0.3, -0.25) is 9.48 Å². The van der Waals surface area contributed by atoms with Crippen LogP contribution >= 0.6 is 11.6 Å². The number of aromatic amines is 1. The van der Waals surface area contributed by atoms with Gasteiger partial charge in [0, 0.05) is 31.4 Å². The number of rotatable bonds is 5. The fourth-order valence-corrected chi connectivity index (χ4v) is 2.58. The molecule has 0 saturated carbocycles. The fourth-order valence-electron chi connectivity index (χ4n) is 2.34. The number of carbonyl (C=O) groups is 1. The van der Waals surface area contributed by atoms with E-state index in [9.17, 15) is 14.9 Å². The first-order valence-electron chi connectivity index (χ1n) is 6.94. The molecule has 0 atom stereocenters. The molecule has 124 valence electrons. The van der Waals surface area contributed by atoms with Crippen LogP contribution in [0.1, 0.15) is 34.4 Å². The summed E-state index contributed by atoms with van der Waals surface area (Å²) in [7, 11) is 1.58. The molecule has 0 spiro atoms. The van der Waals surface area contributed by atoms with E-state index >= 15 is 0 Å². The molecule has 0 fully saturated rings. The zero-order valence-corrected chi connectivity index (χ0v) is 14.0. The summed E-state index contributed by atoms with van der Waals surface area (Å²) < 4.78 is 1.86. The predicted molar refractivity (Wildman–Crippen MR) is 83.4 cm³/mol. The van der Waals surface area contributed by atoms with Crippen molar-refractivity contribution in [3.05, 3.63) is 37.8 Å². The van der Waals surface area contributed by atoms with Crippen LogP contribution < -0.4 is 0 Å². The molecule has 10 heteroatoms. The van der Waals surface area contributed by atoms with Gasteiger partial charge in [0.25, 0.3) is 5.91 Å². The average Bonchev–Trinajstić information content (AvgIpc) is 3.01. The number of amides is 1. The second-order valence-electron chi connectivity index (χ2n) is 5.12. The molecule has 23 heavy (non-hydrogen) atoms. The smallest absolute Gasteiger partial charge is 0.358 e. The number of hydrogen-bond acceptors (Lipinski definition) is 5. The van der Waals surface area contributed by atoms with Crippen LogP contribution in [0.15, 0.2) is 0 Å². The fraction of sp³-hybridized carbons (Fsp3) is 0.462. The van der Waals surface area contributed by atoms with Crippen molar-refractivity contribution in [3.63, 3.8) is 0 Å². The number of aryl methyl sites for hydroxylation is 2. The highest BCUT2D eigenvalue weighted by molar-refractivity contribution is 6.35. The normalized spacial score (nSPS) is 10.8. The molecule has 9 nitrogen and oxygen atoms in total. The summed E-state index contributed by atoms with van der Waals surface area (Å²) in [4.78, 5) is 23.9. The summed E-state index contributed by atoms with van der Waals surface area (Å²) >= 11 is 5.85. The molecular formula is C13H17ClN6O3. The lowest BCUT2D eigenvalue weighted by Crippen LogP contribution is -2.27. The van der Waals surface area contributed by atoms with Crippen LogP contribution in [-0.4, -0.2) is 42.8 Å². The molecule has 0 radical (unpaired) electrons. The Hall–Kier alpha value is -2.42. The van der Waals surface area contributed by atoms with Crippen LogP contribution in [0.5, 0.6) is 0 Å². The summed E-state index contributed by atoms with van der Waals surface area (Å²) in [5.74, 6) is -0.989. The zero-order chi connectivity index (χ0) is 17.3. The van der Waals surface area contributed by atoms with E-state index in [1.54, 1.807) is 7.05 Å². The van der Waals surface area contributed by atoms with E-state index in [0.717, 1.165) is 23.5 Å². The van der Waals surface area contributed by atoms with Gasteiger partial charge in [-0.15, -0.1) is 5.10 Å². The molecule has 2 aromatic heterocycles. The van der Waals surface area contributed by atoms with Crippen molar-refractivity contribution in [2.75, 3.05) is 7.05 Å². The van der Waals surface area contributed by atoms with E-state index in [0.29, 0.717) is 6.54 Å². The molecule has 0 saturated heterocycles. The van der Waals surface area contributed by atoms with E-state index in [1.807, 2.05) is 25.5 Å². The summed E-state index contributed by atoms with van der Waals surface area (Å²) in [6.45, 7) is 6.85. The number of nitrogens with one attached hydrogen (secondary N) is 1. The molecule has 2 heterocycles. The number of H-pyrrole nitrogens is 1. The standard InChI is InChI=1S/C13H17ClN6O3/c1-5-19-8(3)9(7(2)17-19)6-18(4)13(21)11-10(14)12(16-15-11)20(22)23/h5-6H2,1-4H3,(H,15,16). The van der Waals surface area contributed by atoms with Crippen LogP contribution in [0.25, 0.3) is 0 Å². The molecule has 0 unspecified atom stereocenters. The van der Waals surface area contributed by atoms with Gasteiger partial charge in [-0.05, 0) is 25.7 Å². The second-order valence-corrected chi connectivity index (χ2v) is 5.50. The monoisotopic (exact) mass is 340 g/mol. The third kappa shape index (κ3) is 3.04. The highest BCUT2D eigenvalue weighted by Crippen LogP contribution is 2.26. The molecule has 0 aliphatic heterocycles. The molecule has 2 aromatic rings. The Morgan fingerprint density at radius 1 is 1.48 bits per heavy atom. The van der Waals surface area contributed by atoms with Crippen molar-refractivity contribution in [2.45, 2.75) is 33.9 Å². The Balaban J connectivity index is 2.24. The summed E-state index contributed by atoms with van der Waals surface area (Å²) in [5, 5.41) is 20.7. The maximum Gasteiger partial charge on any atom is 0.362 e. The Kier molecular flexibility index (Phi) is 4.69. The van der Waals surface area contributed by atoms with E-state index < -0.39 is 16.6 Å². The summed E-state index contributed by atoms with van der Waals surface area (Å²) in [5.41, 5.74) is 2.58. The van der Waals surface area contributed by atoms with Crippen molar-refractivity contribution in [3.8, 4) is 0 Å². The van der Waals surface area contributed by atoms with Crippen molar-refractivity contribution >= 4 is 23.3 Å². The zero-order valence-electron chi connectivity index (χ0n) is 13.3. The van der Waals surface area contributed by atoms with Crippen molar-refractivity contribution in [1.29, 1.82) is 0 Å². The highest BCUT2D eigenvalue weighted by Gasteiger charge is 2.28. The molecule has 0 bridgehead atoms. The second kappa shape index (κ2) is 6.37. The molecule has 0 aliphatic carbocycles. The summed E-state index contributed by atoms with van der Waals surface area (Å²) in [6, 6.07) is 0. The molecule has 1 N–H and O–H groups in total. The minimum Gasteiger partial charge on any atom is -0.358 e. The predicted octanol–water partition coefficient (Wildman–Crippen LogP) is 2.08. The molecular weight excluding hydrogens is 324 g/mol. The number of nitro groups is 1. The minimum absolute atomic E-state index is 0.168.